The largest absolute Gasteiger partial charge is 0.494 e. The Hall–Kier alpha value is -4.13. The smallest absolute Gasteiger partial charge is 0.323 e. The predicted octanol–water partition coefficient (Wildman–Crippen LogP) is 5.33. The van der Waals surface area contributed by atoms with Crippen LogP contribution in [-0.4, -0.2) is 24.3 Å². The van der Waals surface area contributed by atoms with Gasteiger partial charge in [0, 0.05) is 29.0 Å². The number of rotatable bonds is 9. The lowest BCUT2D eigenvalue weighted by Crippen LogP contribution is -2.19. The Bertz CT molecular complexity index is 1070. The van der Waals surface area contributed by atoms with Crippen LogP contribution in [0.15, 0.2) is 78.9 Å². The Balaban J connectivity index is 1.41. The van der Waals surface area contributed by atoms with Crippen molar-refractivity contribution in [3.8, 4) is 5.75 Å². The number of hydrogen-bond acceptors (Lipinski definition) is 4. The maximum atomic E-state index is 12.2. The number of hydrogen-bond donors (Lipinski definition) is 3. The van der Waals surface area contributed by atoms with E-state index in [2.05, 4.69) is 16.0 Å². The maximum absolute atomic E-state index is 12.2. The van der Waals surface area contributed by atoms with Crippen molar-refractivity contribution < 1.29 is 19.1 Å². The Morgan fingerprint density at radius 1 is 0.750 bits per heavy atom. The van der Waals surface area contributed by atoms with Crippen LogP contribution in [0.25, 0.3) is 0 Å². The number of urea groups is 1. The lowest BCUT2D eigenvalue weighted by Gasteiger charge is -2.10. The Morgan fingerprint density at radius 3 is 2.06 bits per heavy atom. The molecular formula is C25H25N3O4. The van der Waals surface area contributed by atoms with Gasteiger partial charge in [-0.2, -0.15) is 0 Å². The molecular weight excluding hydrogens is 406 g/mol. The van der Waals surface area contributed by atoms with Gasteiger partial charge in [-0.25, -0.2) is 4.79 Å². The van der Waals surface area contributed by atoms with Crippen molar-refractivity contribution in [3.63, 3.8) is 0 Å². The number of Topliss-reactive ketones (excluding diaryl/α,β-unsaturated/α-hetero) is 1. The summed E-state index contributed by atoms with van der Waals surface area (Å²) >= 11 is 0. The van der Waals surface area contributed by atoms with E-state index in [1.165, 1.54) is 6.92 Å². The third-order valence-corrected chi connectivity index (χ3v) is 4.51. The van der Waals surface area contributed by atoms with Gasteiger partial charge in [-0.3, -0.25) is 9.59 Å². The molecule has 3 N–H and O–H groups in total. The minimum Gasteiger partial charge on any atom is -0.494 e. The molecule has 0 saturated carbocycles. The molecule has 0 aliphatic rings. The van der Waals surface area contributed by atoms with E-state index in [1.54, 1.807) is 60.7 Å². The van der Waals surface area contributed by atoms with Gasteiger partial charge in [0.15, 0.2) is 5.78 Å². The monoisotopic (exact) mass is 431 g/mol. The number of carbonyl (C=O) groups excluding carboxylic acids is 3. The molecule has 0 radical (unpaired) electrons. The van der Waals surface area contributed by atoms with Crippen LogP contribution in [0, 0.1) is 0 Å². The molecule has 0 aliphatic carbocycles. The zero-order valence-corrected chi connectivity index (χ0v) is 17.8. The molecule has 7 heteroatoms. The van der Waals surface area contributed by atoms with Crippen LogP contribution >= 0.6 is 0 Å². The SMILES string of the molecule is CC(=O)c1ccc(OCCCC(=O)Nc2cccc(NC(=O)Nc3ccccc3)c2)cc1. The third-order valence-electron chi connectivity index (χ3n) is 4.51. The average molecular weight is 431 g/mol. The molecule has 0 atom stereocenters. The minimum atomic E-state index is -0.367. The number of benzene rings is 3. The molecule has 7 nitrogen and oxygen atoms in total. The Labute approximate surface area is 186 Å². The normalized spacial score (nSPS) is 10.2. The zero-order chi connectivity index (χ0) is 22.8. The van der Waals surface area contributed by atoms with Gasteiger partial charge in [0.05, 0.1) is 6.61 Å². The molecule has 3 aromatic carbocycles. The van der Waals surface area contributed by atoms with E-state index in [1.807, 2.05) is 18.2 Å². The van der Waals surface area contributed by atoms with Crippen molar-refractivity contribution in [2.45, 2.75) is 19.8 Å². The van der Waals surface area contributed by atoms with Crippen molar-refractivity contribution in [1.29, 1.82) is 0 Å². The number of para-hydroxylation sites is 1. The van der Waals surface area contributed by atoms with Crippen LogP contribution in [0.2, 0.25) is 0 Å². The lowest BCUT2D eigenvalue weighted by atomic mass is 10.1. The molecule has 0 fully saturated rings. The zero-order valence-electron chi connectivity index (χ0n) is 17.8. The highest BCUT2D eigenvalue weighted by Crippen LogP contribution is 2.17. The molecule has 3 aromatic rings. The maximum Gasteiger partial charge on any atom is 0.323 e. The van der Waals surface area contributed by atoms with Crippen LogP contribution in [0.5, 0.6) is 5.75 Å². The summed E-state index contributed by atoms with van der Waals surface area (Å²) < 4.78 is 5.61. The van der Waals surface area contributed by atoms with Crippen molar-refractivity contribution in [2.75, 3.05) is 22.6 Å². The summed E-state index contributed by atoms with van der Waals surface area (Å²) in [5.74, 6) is 0.513. The van der Waals surface area contributed by atoms with Crippen molar-refractivity contribution in [1.82, 2.24) is 0 Å². The number of amides is 3. The number of ether oxygens (including phenoxy) is 1. The second-order valence-electron chi connectivity index (χ2n) is 7.11. The molecule has 0 spiro atoms. The van der Waals surface area contributed by atoms with Gasteiger partial charge in [-0.05, 0) is 67.9 Å². The van der Waals surface area contributed by atoms with Gasteiger partial charge >= 0.3 is 6.03 Å². The van der Waals surface area contributed by atoms with Crippen LogP contribution in [-0.2, 0) is 4.79 Å². The van der Waals surface area contributed by atoms with E-state index in [4.69, 9.17) is 4.74 Å². The second-order valence-corrected chi connectivity index (χ2v) is 7.11. The van der Waals surface area contributed by atoms with Crippen LogP contribution in [0.3, 0.4) is 0 Å². The average Bonchev–Trinajstić information content (AvgIpc) is 2.78. The third kappa shape index (κ3) is 7.28. The topological polar surface area (TPSA) is 96.5 Å². The predicted molar refractivity (Wildman–Crippen MR) is 125 cm³/mol. The van der Waals surface area contributed by atoms with Gasteiger partial charge in [0.1, 0.15) is 5.75 Å². The highest BCUT2D eigenvalue weighted by atomic mass is 16.5. The van der Waals surface area contributed by atoms with E-state index >= 15 is 0 Å². The van der Waals surface area contributed by atoms with E-state index in [0.29, 0.717) is 41.4 Å². The summed E-state index contributed by atoms with van der Waals surface area (Å²) in [6.45, 7) is 1.90. The number of anilines is 3. The molecule has 0 saturated heterocycles. The number of ketones is 1. The first-order valence-corrected chi connectivity index (χ1v) is 10.3. The molecule has 164 valence electrons. The summed E-state index contributed by atoms with van der Waals surface area (Å²) in [7, 11) is 0. The highest BCUT2D eigenvalue weighted by Gasteiger charge is 2.06. The van der Waals surface area contributed by atoms with Crippen molar-refractivity contribution in [3.05, 3.63) is 84.4 Å². The van der Waals surface area contributed by atoms with Crippen molar-refractivity contribution in [2.24, 2.45) is 0 Å². The van der Waals surface area contributed by atoms with E-state index in [-0.39, 0.29) is 24.1 Å². The summed E-state index contributed by atoms with van der Waals surface area (Å²) in [4.78, 5) is 35.6. The molecule has 32 heavy (non-hydrogen) atoms. The van der Waals surface area contributed by atoms with E-state index in [9.17, 15) is 14.4 Å². The molecule has 0 unspecified atom stereocenters. The Morgan fingerprint density at radius 2 is 1.38 bits per heavy atom. The summed E-state index contributed by atoms with van der Waals surface area (Å²) in [5.41, 5.74) is 2.47. The Kier molecular flexibility index (Phi) is 7.97. The van der Waals surface area contributed by atoms with Gasteiger partial charge in [-0.15, -0.1) is 0 Å². The second kappa shape index (κ2) is 11.3. The molecule has 3 amide bonds. The van der Waals surface area contributed by atoms with Gasteiger partial charge in [-0.1, -0.05) is 24.3 Å². The summed E-state index contributed by atoms with van der Waals surface area (Å²) in [5, 5.41) is 8.30. The summed E-state index contributed by atoms with van der Waals surface area (Å²) in [6.07, 6.45) is 0.829. The lowest BCUT2D eigenvalue weighted by molar-refractivity contribution is -0.116. The van der Waals surface area contributed by atoms with Crippen LogP contribution in [0.1, 0.15) is 30.1 Å². The molecule has 3 rings (SSSR count). The van der Waals surface area contributed by atoms with Gasteiger partial charge in [0.2, 0.25) is 5.91 Å². The van der Waals surface area contributed by atoms with Crippen LogP contribution in [0.4, 0.5) is 21.9 Å². The van der Waals surface area contributed by atoms with Gasteiger partial charge in [0.25, 0.3) is 0 Å². The molecule has 0 aliphatic heterocycles. The quantitative estimate of drug-likeness (QED) is 0.315. The molecule has 0 aromatic heterocycles. The van der Waals surface area contributed by atoms with E-state index < -0.39 is 0 Å². The van der Waals surface area contributed by atoms with Crippen molar-refractivity contribution >= 4 is 34.8 Å². The highest BCUT2D eigenvalue weighted by molar-refractivity contribution is 6.00. The standard InChI is InChI=1S/C25H25N3O4/c1-18(29)19-12-14-23(15-13-19)32-16-6-11-24(30)26-21-9-5-10-22(17-21)28-25(31)27-20-7-3-2-4-8-20/h2-5,7-10,12-15,17H,6,11,16H2,1H3,(H,26,30)(H2,27,28,31). The first-order valence-electron chi connectivity index (χ1n) is 10.3. The fraction of sp³-hybridized carbons (Fsp3) is 0.160. The van der Waals surface area contributed by atoms with Gasteiger partial charge < -0.3 is 20.7 Å². The number of nitrogens with one attached hydrogen (secondary N) is 3. The van der Waals surface area contributed by atoms with E-state index in [0.717, 1.165) is 0 Å². The number of carbonyl (C=O) groups is 3. The first-order chi connectivity index (χ1) is 15.5. The minimum absolute atomic E-state index is 0.00399. The summed E-state index contributed by atoms with van der Waals surface area (Å²) in [6, 6.07) is 22.6. The fourth-order valence-corrected chi connectivity index (χ4v) is 2.92. The molecule has 0 heterocycles. The molecule has 0 bridgehead atoms. The first kappa shape index (κ1) is 22.6. The van der Waals surface area contributed by atoms with Crippen LogP contribution < -0.4 is 20.7 Å². The fourth-order valence-electron chi connectivity index (χ4n) is 2.92.